The van der Waals surface area contributed by atoms with E-state index < -0.39 is 25.6 Å². The van der Waals surface area contributed by atoms with Crippen LogP contribution < -0.4 is 5.11 Å². The summed E-state index contributed by atoms with van der Waals surface area (Å²) in [6, 6.07) is 0. The van der Waals surface area contributed by atoms with Gasteiger partial charge in [0.15, 0.2) is 0 Å². The number of carboxylic acid groups (broad SMARTS) is 2. The van der Waals surface area contributed by atoms with E-state index in [0.717, 1.165) is 0 Å². The molecule has 0 spiro atoms. The van der Waals surface area contributed by atoms with Crippen LogP contribution >= 0.6 is 7.26 Å². The highest BCUT2D eigenvalue weighted by atomic mass is 31.2. The Morgan fingerprint density at radius 2 is 1.04 bits per heavy atom. The van der Waals surface area contributed by atoms with Crippen molar-refractivity contribution in [1.29, 1.82) is 0 Å². The van der Waals surface area contributed by atoms with E-state index in [1.807, 2.05) is 0 Å². The SMILES string of the molecule is CCCC[P+](CCCC)(CCCC)CCCC.O=C([O-])CCC(=O)O. The maximum atomic E-state index is 9.61. The van der Waals surface area contributed by atoms with Gasteiger partial charge in [0.1, 0.15) is 0 Å². The smallest absolute Gasteiger partial charge is 0.303 e. The average molecular weight is 377 g/mol. The minimum absolute atomic E-state index is 0.359. The van der Waals surface area contributed by atoms with Crippen LogP contribution in [0.25, 0.3) is 0 Å². The van der Waals surface area contributed by atoms with Crippen molar-refractivity contribution in [2.24, 2.45) is 0 Å². The van der Waals surface area contributed by atoms with E-state index >= 15 is 0 Å². The Balaban J connectivity index is 0. The average Bonchev–Trinajstić information content (AvgIpc) is 2.59. The topological polar surface area (TPSA) is 77.4 Å². The Morgan fingerprint density at radius 1 is 0.720 bits per heavy atom. The molecular formula is C20H41O4P. The number of rotatable bonds is 15. The van der Waals surface area contributed by atoms with Crippen LogP contribution in [0, 0.1) is 0 Å². The highest BCUT2D eigenvalue weighted by molar-refractivity contribution is 7.75. The monoisotopic (exact) mass is 376 g/mol. The third-order valence-electron chi connectivity index (χ3n) is 4.49. The van der Waals surface area contributed by atoms with Crippen LogP contribution in [0.5, 0.6) is 0 Å². The molecule has 0 aliphatic heterocycles. The third kappa shape index (κ3) is 18.0. The predicted molar refractivity (Wildman–Crippen MR) is 108 cm³/mol. The molecule has 0 bridgehead atoms. The third-order valence-corrected chi connectivity index (χ3v) is 9.55. The second-order valence-electron chi connectivity index (χ2n) is 6.92. The van der Waals surface area contributed by atoms with Gasteiger partial charge in [0, 0.05) is 13.2 Å². The molecule has 0 heterocycles. The molecule has 0 fully saturated rings. The van der Waals surface area contributed by atoms with Crippen molar-refractivity contribution in [1.82, 2.24) is 0 Å². The maximum absolute atomic E-state index is 9.61. The molecule has 0 saturated heterocycles. The van der Waals surface area contributed by atoms with Gasteiger partial charge in [-0.2, -0.15) is 0 Å². The number of carboxylic acids is 2. The van der Waals surface area contributed by atoms with Crippen molar-refractivity contribution in [3.63, 3.8) is 0 Å². The Morgan fingerprint density at radius 3 is 1.20 bits per heavy atom. The molecule has 0 aromatic heterocycles. The molecule has 0 aliphatic carbocycles. The van der Waals surface area contributed by atoms with E-state index in [1.54, 1.807) is 24.6 Å². The molecule has 0 aliphatic rings. The van der Waals surface area contributed by atoms with Gasteiger partial charge in [-0.1, -0.05) is 53.4 Å². The molecule has 0 radical (unpaired) electrons. The van der Waals surface area contributed by atoms with E-state index in [1.165, 1.54) is 51.4 Å². The minimum Gasteiger partial charge on any atom is -0.550 e. The zero-order valence-corrected chi connectivity index (χ0v) is 17.9. The van der Waals surface area contributed by atoms with Gasteiger partial charge in [-0.15, -0.1) is 0 Å². The molecular weight excluding hydrogens is 335 g/mol. The zero-order chi connectivity index (χ0) is 19.6. The molecule has 4 nitrogen and oxygen atoms in total. The van der Waals surface area contributed by atoms with Crippen molar-refractivity contribution < 1.29 is 19.8 Å². The lowest BCUT2D eigenvalue weighted by atomic mass is 10.3. The highest BCUT2D eigenvalue weighted by Gasteiger charge is 2.34. The molecule has 5 heteroatoms. The highest BCUT2D eigenvalue weighted by Crippen LogP contribution is 2.61. The Bertz CT molecular complexity index is 280. The van der Waals surface area contributed by atoms with E-state index in [2.05, 4.69) is 27.7 Å². The van der Waals surface area contributed by atoms with Gasteiger partial charge in [0.2, 0.25) is 0 Å². The van der Waals surface area contributed by atoms with Gasteiger partial charge in [-0.05, 0) is 32.1 Å². The first-order valence-electron chi connectivity index (χ1n) is 10.1. The molecule has 0 amide bonds. The molecule has 0 aromatic rings. The van der Waals surface area contributed by atoms with E-state index in [9.17, 15) is 14.7 Å². The summed E-state index contributed by atoms with van der Waals surface area (Å²) in [5.41, 5.74) is 0. The van der Waals surface area contributed by atoms with E-state index in [4.69, 9.17) is 5.11 Å². The second kappa shape index (κ2) is 18.2. The maximum Gasteiger partial charge on any atom is 0.303 e. The van der Waals surface area contributed by atoms with Crippen molar-refractivity contribution in [2.75, 3.05) is 24.6 Å². The fourth-order valence-corrected chi connectivity index (χ4v) is 8.14. The summed E-state index contributed by atoms with van der Waals surface area (Å²) in [5, 5.41) is 17.4. The summed E-state index contributed by atoms with van der Waals surface area (Å²) in [5.74, 6) is -2.44. The number of hydrogen-bond acceptors (Lipinski definition) is 3. The minimum atomic E-state index is -1.33. The van der Waals surface area contributed by atoms with Crippen LogP contribution in [-0.2, 0) is 9.59 Å². The lowest BCUT2D eigenvalue weighted by Crippen LogP contribution is -2.22. The predicted octanol–water partition coefficient (Wildman–Crippen LogP) is 4.81. The number of carbonyl (C=O) groups is 2. The van der Waals surface area contributed by atoms with Crippen molar-refractivity contribution >= 4 is 19.2 Å². The van der Waals surface area contributed by atoms with Crippen LogP contribution in [0.1, 0.15) is 91.9 Å². The molecule has 0 unspecified atom stereocenters. The number of aliphatic carboxylic acids is 2. The molecule has 1 N–H and O–H groups in total. The normalized spacial score (nSPS) is 10.9. The zero-order valence-electron chi connectivity index (χ0n) is 17.0. The second-order valence-corrected chi connectivity index (χ2v) is 11.4. The molecule has 0 atom stereocenters. The fourth-order valence-electron chi connectivity index (χ4n) is 2.85. The van der Waals surface area contributed by atoms with E-state index in [0.29, 0.717) is 0 Å². The first kappa shape index (κ1) is 26.6. The summed E-state index contributed by atoms with van der Waals surface area (Å²) >= 11 is 0. The molecule has 0 rings (SSSR count). The summed E-state index contributed by atoms with van der Waals surface area (Å²) in [6.07, 6.45) is 17.2. The van der Waals surface area contributed by atoms with Crippen LogP contribution in [0.15, 0.2) is 0 Å². The van der Waals surface area contributed by atoms with Gasteiger partial charge in [-0.25, -0.2) is 0 Å². The Labute approximate surface area is 156 Å². The van der Waals surface area contributed by atoms with Crippen molar-refractivity contribution in [2.45, 2.75) is 91.9 Å². The lowest BCUT2D eigenvalue weighted by Gasteiger charge is -2.28. The summed E-state index contributed by atoms with van der Waals surface area (Å²) in [6.45, 7) is 9.42. The van der Waals surface area contributed by atoms with Gasteiger partial charge in [0.25, 0.3) is 0 Å². The molecule has 0 saturated carbocycles. The van der Waals surface area contributed by atoms with Crippen molar-refractivity contribution in [3.05, 3.63) is 0 Å². The quantitative estimate of drug-likeness (QED) is 0.416. The van der Waals surface area contributed by atoms with Gasteiger partial charge < -0.3 is 15.0 Å². The summed E-state index contributed by atoms with van der Waals surface area (Å²) < 4.78 is 0. The summed E-state index contributed by atoms with van der Waals surface area (Å²) in [7, 11) is -0.562. The molecule has 25 heavy (non-hydrogen) atoms. The molecule has 150 valence electrons. The number of hydrogen-bond donors (Lipinski definition) is 1. The van der Waals surface area contributed by atoms with Gasteiger partial charge in [0.05, 0.1) is 31.1 Å². The first-order chi connectivity index (χ1) is 11.9. The van der Waals surface area contributed by atoms with Crippen LogP contribution in [0.3, 0.4) is 0 Å². The van der Waals surface area contributed by atoms with Crippen molar-refractivity contribution in [3.8, 4) is 0 Å². The Hall–Kier alpha value is -0.630. The number of carbonyl (C=O) groups excluding carboxylic acids is 1. The fraction of sp³-hybridized carbons (Fsp3) is 0.900. The standard InChI is InChI=1S/C16H36P.C4H6O4/c1-5-9-13-17(14-10-6-2,15-11-7-3)16-12-8-4;5-3(6)1-2-4(7)8/h5-16H2,1-4H3;1-2H2,(H,5,6)(H,7,8)/q+1;/p-1. The van der Waals surface area contributed by atoms with Gasteiger partial charge in [-0.3, -0.25) is 4.79 Å². The van der Waals surface area contributed by atoms with Gasteiger partial charge >= 0.3 is 5.97 Å². The number of unbranched alkanes of at least 4 members (excludes halogenated alkanes) is 4. The molecule has 0 aromatic carbocycles. The Kier molecular flexibility index (Phi) is 19.3. The van der Waals surface area contributed by atoms with Crippen LogP contribution in [-0.4, -0.2) is 41.7 Å². The largest absolute Gasteiger partial charge is 0.550 e. The van der Waals surface area contributed by atoms with E-state index in [-0.39, 0.29) is 6.42 Å². The first-order valence-corrected chi connectivity index (χ1v) is 12.7. The van der Waals surface area contributed by atoms with Crippen LogP contribution in [0.4, 0.5) is 0 Å². The van der Waals surface area contributed by atoms with Crippen LogP contribution in [0.2, 0.25) is 0 Å². The summed E-state index contributed by atoms with van der Waals surface area (Å²) in [4.78, 5) is 19.1. The lowest BCUT2D eigenvalue weighted by molar-refractivity contribution is -0.305.